The van der Waals surface area contributed by atoms with Crippen LogP contribution in [0.2, 0.25) is 0 Å². The van der Waals surface area contributed by atoms with Crippen LogP contribution >= 0.6 is 0 Å². The van der Waals surface area contributed by atoms with Gasteiger partial charge in [0, 0.05) is 5.56 Å². The minimum absolute atomic E-state index is 0.0928. The van der Waals surface area contributed by atoms with Crippen molar-refractivity contribution in [1.82, 2.24) is 0 Å². The second-order valence-corrected chi connectivity index (χ2v) is 6.32. The summed E-state index contributed by atoms with van der Waals surface area (Å²) in [6.45, 7) is 1.71. The molecule has 28 heavy (non-hydrogen) atoms. The molecule has 0 aromatic heterocycles. The van der Waals surface area contributed by atoms with Gasteiger partial charge in [-0.05, 0) is 55.0 Å². The third kappa shape index (κ3) is 3.30. The molecule has 0 N–H and O–H groups in total. The number of rotatable bonds is 3. The molecule has 0 amide bonds. The summed E-state index contributed by atoms with van der Waals surface area (Å²) >= 11 is 0. The van der Waals surface area contributed by atoms with Crippen LogP contribution in [0.25, 0.3) is 6.08 Å². The summed E-state index contributed by atoms with van der Waals surface area (Å²) in [6, 6.07) is 17.6. The van der Waals surface area contributed by atoms with Crippen LogP contribution in [0.15, 0.2) is 72.5 Å². The van der Waals surface area contributed by atoms with Gasteiger partial charge >= 0.3 is 5.97 Å². The Kier molecular flexibility index (Phi) is 4.49. The van der Waals surface area contributed by atoms with Crippen LogP contribution in [-0.2, 0) is 0 Å². The molecule has 138 valence electrons. The molecule has 0 bridgehead atoms. The number of carbonyl (C=O) groups is 2. The molecule has 0 saturated heterocycles. The fourth-order valence-electron chi connectivity index (χ4n) is 2.96. The van der Waals surface area contributed by atoms with Crippen molar-refractivity contribution in [1.29, 1.82) is 0 Å². The lowest BCUT2D eigenvalue weighted by Crippen LogP contribution is -2.09. The molecule has 0 fully saturated rings. The maximum absolute atomic E-state index is 13.4. The van der Waals surface area contributed by atoms with Crippen molar-refractivity contribution in [3.63, 3.8) is 0 Å². The zero-order valence-corrected chi connectivity index (χ0v) is 14.9. The van der Waals surface area contributed by atoms with E-state index in [1.165, 1.54) is 18.2 Å². The van der Waals surface area contributed by atoms with Crippen LogP contribution in [0, 0.1) is 12.7 Å². The van der Waals surface area contributed by atoms with E-state index in [0.717, 1.165) is 0 Å². The highest BCUT2D eigenvalue weighted by atomic mass is 19.1. The normalized spacial score (nSPS) is 13.9. The Morgan fingerprint density at radius 3 is 2.57 bits per heavy atom. The van der Waals surface area contributed by atoms with Crippen LogP contribution in [-0.4, -0.2) is 11.8 Å². The molecule has 3 aromatic rings. The van der Waals surface area contributed by atoms with Gasteiger partial charge in [0.05, 0.1) is 11.1 Å². The van der Waals surface area contributed by atoms with Crippen molar-refractivity contribution in [3.8, 4) is 11.5 Å². The summed E-state index contributed by atoms with van der Waals surface area (Å²) in [4.78, 5) is 24.9. The van der Waals surface area contributed by atoms with Gasteiger partial charge in [0.1, 0.15) is 17.3 Å². The second-order valence-electron chi connectivity index (χ2n) is 6.32. The van der Waals surface area contributed by atoms with E-state index >= 15 is 0 Å². The predicted octanol–water partition coefficient (Wildman–Crippen LogP) is 4.97. The van der Waals surface area contributed by atoms with Crippen LogP contribution < -0.4 is 9.47 Å². The molecule has 0 atom stereocenters. The largest absolute Gasteiger partial charge is 0.452 e. The number of carbonyl (C=O) groups excluding carboxylic acids is 2. The molecule has 5 heteroatoms. The fourth-order valence-corrected chi connectivity index (χ4v) is 2.96. The van der Waals surface area contributed by atoms with Crippen LogP contribution in [0.5, 0.6) is 11.5 Å². The van der Waals surface area contributed by atoms with Crippen molar-refractivity contribution in [2.24, 2.45) is 0 Å². The molecular formula is C23H15FO4. The highest BCUT2D eigenvalue weighted by Crippen LogP contribution is 2.39. The van der Waals surface area contributed by atoms with Gasteiger partial charge in [-0.2, -0.15) is 0 Å². The Morgan fingerprint density at radius 2 is 1.82 bits per heavy atom. The van der Waals surface area contributed by atoms with Gasteiger partial charge in [0.15, 0.2) is 5.76 Å². The molecule has 0 spiro atoms. The van der Waals surface area contributed by atoms with Crippen LogP contribution in [0.3, 0.4) is 0 Å². The first-order valence-electron chi connectivity index (χ1n) is 8.63. The average molecular weight is 374 g/mol. The molecule has 1 heterocycles. The van der Waals surface area contributed by atoms with Gasteiger partial charge in [0.25, 0.3) is 0 Å². The fraction of sp³-hybridized carbons (Fsp3) is 0.0435. The molecule has 0 radical (unpaired) electrons. The van der Waals surface area contributed by atoms with Crippen molar-refractivity contribution in [3.05, 3.63) is 101 Å². The molecule has 3 aromatic carbocycles. The number of fused-ring (bicyclic) bond motifs is 1. The van der Waals surface area contributed by atoms with Crippen LogP contribution in [0.1, 0.15) is 31.8 Å². The van der Waals surface area contributed by atoms with Crippen molar-refractivity contribution >= 4 is 17.8 Å². The zero-order chi connectivity index (χ0) is 19.7. The lowest BCUT2D eigenvalue weighted by Gasteiger charge is -2.10. The Balaban J connectivity index is 1.63. The summed E-state index contributed by atoms with van der Waals surface area (Å²) in [6.07, 6.45) is 1.49. The number of ketones is 1. The minimum atomic E-state index is -0.497. The van der Waals surface area contributed by atoms with Crippen molar-refractivity contribution < 1.29 is 23.5 Å². The monoisotopic (exact) mass is 374 g/mol. The number of Topliss-reactive ketones (excluding diaryl/α,β-unsaturated/α-hetero) is 1. The number of hydrogen-bond donors (Lipinski definition) is 0. The lowest BCUT2D eigenvalue weighted by atomic mass is 10.1. The molecule has 0 saturated carbocycles. The number of ether oxygens (including phenoxy) is 2. The predicted molar refractivity (Wildman–Crippen MR) is 102 cm³/mol. The molecule has 4 nitrogen and oxygen atoms in total. The summed E-state index contributed by atoms with van der Waals surface area (Å²) in [5, 5.41) is 0. The number of allylic oxidation sites excluding steroid dienone is 1. The highest BCUT2D eigenvalue weighted by molar-refractivity contribution is 6.15. The second kappa shape index (κ2) is 7.12. The van der Waals surface area contributed by atoms with Gasteiger partial charge < -0.3 is 9.47 Å². The van der Waals surface area contributed by atoms with E-state index in [-0.39, 0.29) is 11.5 Å². The summed E-state index contributed by atoms with van der Waals surface area (Å²) in [5.74, 6) is -0.455. The Morgan fingerprint density at radius 1 is 1.04 bits per heavy atom. The summed E-state index contributed by atoms with van der Waals surface area (Å²) in [5.41, 5.74) is 1.85. The molecule has 4 rings (SSSR count). The third-order valence-corrected chi connectivity index (χ3v) is 4.40. The van der Waals surface area contributed by atoms with Gasteiger partial charge in [-0.1, -0.05) is 30.3 Å². The first-order chi connectivity index (χ1) is 13.5. The maximum atomic E-state index is 13.4. The van der Waals surface area contributed by atoms with Crippen LogP contribution in [0.4, 0.5) is 4.39 Å². The lowest BCUT2D eigenvalue weighted by molar-refractivity contribution is 0.0733. The minimum Gasteiger partial charge on any atom is -0.452 e. The number of halogens is 1. The van der Waals surface area contributed by atoms with E-state index in [4.69, 9.17) is 9.47 Å². The Labute approximate surface area is 160 Å². The van der Waals surface area contributed by atoms with Gasteiger partial charge in [-0.3, -0.25) is 4.79 Å². The maximum Gasteiger partial charge on any atom is 0.343 e. The first kappa shape index (κ1) is 17.7. The average Bonchev–Trinajstić information content (AvgIpc) is 3.01. The zero-order valence-electron chi connectivity index (χ0n) is 14.9. The standard InChI is InChI=1S/C23H15FO4/c1-14-19(28-23(26)16-7-3-2-4-8-16)11-10-18-21(25)20(27-22(14)18)13-15-6-5-9-17(24)12-15/h2-13H,1H3/b20-13-. The molecule has 0 unspecified atom stereocenters. The first-order valence-corrected chi connectivity index (χ1v) is 8.63. The summed E-state index contributed by atoms with van der Waals surface area (Å²) < 4.78 is 24.6. The molecule has 0 aliphatic carbocycles. The van der Waals surface area contributed by atoms with E-state index in [1.807, 2.05) is 6.07 Å². The SMILES string of the molecule is Cc1c(OC(=O)c2ccccc2)ccc2c1O/C(=C\c1cccc(F)c1)C2=O. The van der Waals surface area contributed by atoms with Crippen molar-refractivity contribution in [2.45, 2.75) is 6.92 Å². The third-order valence-electron chi connectivity index (χ3n) is 4.40. The van der Waals surface area contributed by atoms with Gasteiger partial charge in [-0.25, -0.2) is 9.18 Å². The van der Waals surface area contributed by atoms with E-state index in [2.05, 4.69) is 0 Å². The Hall–Kier alpha value is -3.73. The van der Waals surface area contributed by atoms with Gasteiger partial charge in [-0.15, -0.1) is 0 Å². The number of benzene rings is 3. The number of esters is 1. The van der Waals surface area contributed by atoms with E-state index in [9.17, 15) is 14.0 Å². The number of hydrogen-bond acceptors (Lipinski definition) is 4. The van der Waals surface area contributed by atoms with Crippen molar-refractivity contribution in [2.75, 3.05) is 0 Å². The van der Waals surface area contributed by atoms with Gasteiger partial charge in [0.2, 0.25) is 5.78 Å². The quantitative estimate of drug-likeness (QED) is 0.369. The topological polar surface area (TPSA) is 52.6 Å². The van der Waals surface area contributed by atoms with E-state index in [0.29, 0.717) is 33.8 Å². The Bertz CT molecular complexity index is 1120. The summed E-state index contributed by atoms with van der Waals surface area (Å²) in [7, 11) is 0. The van der Waals surface area contributed by atoms with E-state index < -0.39 is 11.8 Å². The highest BCUT2D eigenvalue weighted by Gasteiger charge is 2.30. The smallest absolute Gasteiger partial charge is 0.343 e. The molecule has 1 aliphatic heterocycles. The molecule has 1 aliphatic rings. The molecular weight excluding hydrogens is 359 g/mol. The van der Waals surface area contributed by atoms with E-state index in [1.54, 1.807) is 55.5 Å².